The fourth-order valence-electron chi connectivity index (χ4n) is 1.81. The zero-order valence-electron chi connectivity index (χ0n) is 12.2. The quantitative estimate of drug-likeness (QED) is 0.851. The number of aromatic nitrogens is 2. The van der Waals surface area contributed by atoms with Crippen LogP contribution in [0, 0.1) is 0 Å². The molecule has 0 saturated heterocycles. The monoisotopic (exact) mass is 291 g/mol. The first-order chi connectivity index (χ1) is 9.69. The molecule has 1 N–H and O–H groups in total. The van der Waals surface area contributed by atoms with Crippen molar-refractivity contribution in [1.29, 1.82) is 0 Å². The Morgan fingerprint density at radius 2 is 2.20 bits per heavy atom. The second-order valence-corrected chi connectivity index (χ2v) is 5.77. The van der Waals surface area contributed by atoms with Gasteiger partial charge < -0.3 is 10.1 Å². The van der Waals surface area contributed by atoms with Crippen molar-refractivity contribution in [3.63, 3.8) is 0 Å². The molecule has 0 fully saturated rings. The van der Waals surface area contributed by atoms with Crippen LogP contribution in [0.25, 0.3) is 0 Å². The van der Waals surface area contributed by atoms with Gasteiger partial charge in [0.2, 0.25) is 5.88 Å². The van der Waals surface area contributed by atoms with E-state index in [0.29, 0.717) is 5.88 Å². The smallest absolute Gasteiger partial charge is 0.218 e. The van der Waals surface area contributed by atoms with Gasteiger partial charge in [-0.25, -0.2) is 9.97 Å². The summed E-state index contributed by atoms with van der Waals surface area (Å²) in [6, 6.07) is 3.97. The molecule has 20 heavy (non-hydrogen) atoms. The zero-order valence-corrected chi connectivity index (χ0v) is 13.0. The van der Waals surface area contributed by atoms with E-state index in [1.807, 2.05) is 26.0 Å². The largest absolute Gasteiger partial charge is 0.475 e. The number of nitrogens with one attached hydrogen (secondary N) is 1. The fourth-order valence-corrected chi connectivity index (χ4v) is 2.55. The van der Waals surface area contributed by atoms with Crippen LogP contribution in [0.1, 0.15) is 37.0 Å². The number of thiazole rings is 1. The topological polar surface area (TPSA) is 47.0 Å². The van der Waals surface area contributed by atoms with E-state index in [0.717, 1.165) is 30.8 Å². The third-order valence-corrected chi connectivity index (χ3v) is 3.76. The molecule has 2 rings (SSSR count). The molecule has 0 aliphatic carbocycles. The molecule has 0 aliphatic rings. The summed E-state index contributed by atoms with van der Waals surface area (Å²) in [5.41, 5.74) is 2.18. The van der Waals surface area contributed by atoms with E-state index in [2.05, 4.69) is 27.6 Å². The number of nitrogens with zero attached hydrogens (tertiary/aromatic N) is 2. The van der Waals surface area contributed by atoms with E-state index in [-0.39, 0.29) is 6.10 Å². The molecule has 5 heteroatoms. The van der Waals surface area contributed by atoms with E-state index in [1.54, 1.807) is 17.5 Å². The summed E-state index contributed by atoms with van der Waals surface area (Å²) in [5.74, 6) is 0.711. The second kappa shape index (κ2) is 7.36. The first kappa shape index (κ1) is 14.9. The highest BCUT2D eigenvalue weighted by Gasteiger charge is 2.07. The molecule has 2 aromatic heterocycles. The summed E-state index contributed by atoms with van der Waals surface area (Å²) in [7, 11) is 0. The van der Waals surface area contributed by atoms with Crippen LogP contribution in [-0.4, -0.2) is 16.1 Å². The van der Waals surface area contributed by atoms with Crippen molar-refractivity contribution >= 4 is 11.3 Å². The molecular weight excluding hydrogens is 270 g/mol. The van der Waals surface area contributed by atoms with Crippen LogP contribution in [-0.2, 0) is 19.5 Å². The highest BCUT2D eigenvalue weighted by atomic mass is 32.1. The SMILES string of the molecule is CCc1nc(CNCc2cccnc2OC(C)C)cs1. The molecule has 0 bridgehead atoms. The Bertz CT molecular complexity index is 539. The van der Waals surface area contributed by atoms with Crippen molar-refractivity contribution in [2.45, 2.75) is 46.4 Å². The van der Waals surface area contributed by atoms with Crippen LogP contribution in [0.2, 0.25) is 0 Å². The lowest BCUT2D eigenvalue weighted by Gasteiger charge is -2.12. The maximum atomic E-state index is 5.70. The molecule has 108 valence electrons. The lowest BCUT2D eigenvalue weighted by atomic mass is 10.2. The van der Waals surface area contributed by atoms with Crippen molar-refractivity contribution in [1.82, 2.24) is 15.3 Å². The van der Waals surface area contributed by atoms with E-state index in [9.17, 15) is 0 Å². The Balaban J connectivity index is 1.90. The van der Waals surface area contributed by atoms with Gasteiger partial charge in [-0.15, -0.1) is 11.3 Å². The lowest BCUT2D eigenvalue weighted by molar-refractivity contribution is 0.229. The predicted molar refractivity (Wildman–Crippen MR) is 82.0 cm³/mol. The van der Waals surface area contributed by atoms with E-state index < -0.39 is 0 Å². The molecule has 0 amide bonds. The number of pyridine rings is 1. The molecule has 4 nitrogen and oxygen atoms in total. The van der Waals surface area contributed by atoms with Gasteiger partial charge in [-0.1, -0.05) is 13.0 Å². The molecule has 0 atom stereocenters. The van der Waals surface area contributed by atoms with Crippen molar-refractivity contribution in [2.75, 3.05) is 0 Å². The second-order valence-electron chi connectivity index (χ2n) is 4.82. The Morgan fingerprint density at radius 1 is 1.35 bits per heavy atom. The van der Waals surface area contributed by atoms with E-state index in [1.165, 1.54) is 5.01 Å². The first-order valence-electron chi connectivity index (χ1n) is 6.93. The van der Waals surface area contributed by atoms with Crippen molar-refractivity contribution < 1.29 is 4.74 Å². The Kier molecular flexibility index (Phi) is 5.49. The molecule has 2 aromatic rings. The summed E-state index contributed by atoms with van der Waals surface area (Å²) in [5, 5.41) is 6.69. The van der Waals surface area contributed by atoms with Gasteiger partial charge in [0, 0.05) is 30.2 Å². The summed E-state index contributed by atoms with van der Waals surface area (Å²) < 4.78 is 5.70. The van der Waals surface area contributed by atoms with Gasteiger partial charge in [0.25, 0.3) is 0 Å². The molecule has 2 heterocycles. The average molecular weight is 291 g/mol. The number of hydrogen-bond acceptors (Lipinski definition) is 5. The summed E-state index contributed by atoms with van der Waals surface area (Å²) in [4.78, 5) is 8.83. The van der Waals surface area contributed by atoms with Gasteiger partial charge in [0.1, 0.15) is 0 Å². The van der Waals surface area contributed by atoms with Crippen molar-refractivity contribution in [3.05, 3.63) is 40.0 Å². The summed E-state index contributed by atoms with van der Waals surface area (Å²) >= 11 is 1.72. The summed E-state index contributed by atoms with van der Waals surface area (Å²) in [6.45, 7) is 7.64. The van der Waals surface area contributed by atoms with Gasteiger partial charge in [-0.05, 0) is 26.3 Å². The Hall–Kier alpha value is -1.46. The molecule has 0 unspecified atom stereocenters. The van der Waals surface area contributed by atoms with Crippen LogP contribution in [0.4, 0.5) is 0 Å². The van der Waals surface area contributed by atoms with Crippen LogP contribution >= 0.6 is 11.3 Å². The number of ether oxygens (including phenoxy) is 1. The standard InChI is InChI=1S/C15H21N3OS/c1-4-14-18-13(10-20-14)9-16-8-12-6-5-7-17-15(12)19-11(2)3/h5-7,10-11,16H,4,8-9H2,1-3H3. The third-order valence-electron chi connectivity index (χ3n) is 2.72. The van der Waals surface area contributed by atoms with Crippen molar-refractivity contribution in [2.24, 2.45) is 0 Å². The maximum Gasteiger partial charge on any atom is 0.218 e. The minimum Gasteiger partial charge on any atom is -0.475 e. The van der Waals surface area contributed by atoms with Gasteiger partial charge in [0.15, 0.2) is 0 Å². The zero-order chi connectivity index (χ0) is 14.4. The molecule has 0 saturated carbocycles. The van der Waals surface area contributed by atoms with E-state index in [4.69, 9.17) is 4.74 Å². The van der Waals surface area contributed by atoms with Crippen molar-refractivity contribution in [3.8, 4) is 5.88 Å². The minimum absolute atomic E-state index is 0.134. The highest BCUT2D eigenvalue weighted by molar-refractivity contribution is 7.09. The number of rotatable bonds is 7. The highest BCUT2D eigenvalue weighted by Crippen LogP contribution is 2.16. The Labute approximate surface area is 124 Å². The average Bonchev–Trinajstić information content (AvgIpc) is 2.88. The number of aryl methyl sites for hydroxylation is 1. The first-order valence-corrected chi connectivity index (χ1v) is 7.81. The number of hydrogen-bond donors (Lipinski definition) is 1. The van der Waals surface area contributed by atoms with Gasteiger partial charge in [0.05, 0.1) is 16.8 Å². The van der Waals surface area contributed by atoms with Crippen LogP contribution in [0.5, 0.6) is 5.88 Å². The molecule has 0 aromatic carbocycles. The Morgan fingerprint density at radius 3 is 2.90 bits per heavy atom. The third kappa shape index (κ3) is 4.28. The van der Waals surface area contributed by atoms with Gasteiger partial charge in [-0.2, -0.15) is 0 Å². The predicted octanol–water partition coefficient (Wildman–Crippen LogP) is 3.18. The molecule has 0 aliphatic heterocycles. The summed E-state index contributed by atoms with van der Waals surface area (Å²) in [6.07, 6.45) is 2.89. The fraction of sp³-hybridized carbons (Fsp3) is 0.467. The van der Waals surface area contributed by atoms with Crippen LogP contribution in [0.15, 0.2) is 23.7 Å². The minimum atomic E-state index is 0.134. The molecule has 0 radical (unpaired) electrons. The lowest BCUT2D eigenvalue weighted by Crippen LogP contribution is -2.16. The maximum absolute atomic E-state index is 5.70. The van der Waals surface area contributed by atoms with Gasteiger partial charge in [-0.3, -0.25) is 0 Å². The van der Waals surface area contributed by atoms with Gasteiger partial charge >= 0.3 is 0 Å². The van der Waals surface area contributed by atoms with Crippen LogP contribution < -0.4 is 10.1 Å². The van der Waals surface area contributed by atoms with E-state index >= 15 is 0 Å². The molecular formula is C15H21N3OS. The normalized spacial score (nSPS) is 11.0. The van der Waals surface area contributed by atoms with Crippen LogP contribution in [0.3, 0.4) is 0 Å². The molecule has 0 spiro atoms.